The van der Waals surface area contributed by atoms with Crippen molar-refractivity contribution in [1.82, 2.24) is 5.32 Å². The fourth-order valence-electron chi connectivity index (χ4n) is 2.83. The number of nitro groups is 1. The van der Waals surface area contributed by atoms with Crippen molar-refractivity contribution in [3.63, 3.8) is 0 Å². The first-order valence-electron chi connectivity index (χ1n) is 7.25. The molecular weight excluding hydrogens is 336 g/mol. The highest BCUT2D eigenvalue weighted by molar-refractivity contribution is 9.10. The van der Waals surface area contributed by atoms with Gasteiger partial charge in [0.2, 0.25) is 0 Å². The van der Waals surface area contributed by atoms with E-state index in [2.05, 4.69) is 28.2 Å². The monoisotopic (exact) mass is 356 g/mol. The third-order valence-electron chi connectivity index (χ3n) is 4.44. The van der Waals surface area contributed by atoms with Gasteiger partial charge in [-0.25, -0.2) is 0 Å². The maximum Gasteiger partial charge on any atom is 0.283 e. The zero-order valence-corrected chi connectivity index (χ0v) is 13.7. The molecule has 1 aliphatic carbocycles. The Morgan fingerprint density at radius 2 is 2.14 bits per heavy atom. The summed E-state index contributed by atoms with van der Waals surface area (Å²) in [5.41, 5.74) is 0.664. The van der Waals surface area contributed by atoms with Crippen LogP contribution in [0, 0.1) is 16.0 Å². The summed E-state index contributed by atoms with van der Waals surface area (Å²) in [5, 5.41) is 24.1. The topological polar surface area (TPSA) is 75.4 Å². The van der Waals surface area contributed by atoms with Crippen molar-refractivity contribution in [2.45, 2.75) is 44.7 Å². The van der Waals surface area contributed by atoms with Gasteiger partial charge in [0.25, 0.3) is 5.69 Å². The lowest BCUT2D eigenvalue weighted by Crippen LogP contribution is -2.50. The predicted molar refractivity (Wildman–Crippen MR) is 85.1 cm³/mol. The van der Waals surface area contributed by atoms with Crippen LogP contribution in [0.1, 0.15) is 38.2 Å². The van der Waals surface area contributed by atoms with E-state index in [-0.39, 0.29) is 17.8 Å². The maximum absolute atomic E-state index is 11.0. The Bertz CT molecular complexity index is 514. The first-order valence-corrected chi connectivity index (χ1v) is 8.04. The molecule has 1 saturated carbocycles. The molecule has 0 radical (unpaired) electrons. The molecule has 0 unspecified atom stereocenters. The molecule has 1 aliphatic rings. The second-order valence-electron chi connectivity index (χ2n) is 5.98. The van der Waals surface area contributed by atoms with Gasteiger partial charge in [0.1, 0.15) is 0 Å². The number of aliphatic hydroxyl groups excluding tert-OH is 1. The minimum absolute atomic E-state index is 0.0737. The van der Waals surface area contributed by atoms with E-state index in [9.17, 15) is 15.2 Å². The smallest absolute Gasteiger partial charge is 0.283 e. The molecule has 5 nitrogen and oxygen atoms in total. The highest BCUT2D eigenvalue weighted by Crippen LogP contribution is 2.33. The van der Waals surface area contributed by atoms with E-state index in [4.69, 9.17) is 0 Å². The van der Waals surface area contributed by atoms with Gasteiger partial charge in [-0.05, 0) is 53.1 Å². The van der Waals surface area contributed by atoms with Crippen molar-refractivity contribution in [3.8, 4) is 0 Å². The molecule has 0 atom stereocenters. The van der Waals surface area contributed by atoms with E-state index in [1.54, 1.807) is 6.07 Å². The quantitative estimate of drug-likeness (QED) is 0.626. The predicted octanol–water partition coefficient (Wildman–Crippen LogP) is 3.39. The normalized spacial score (nSPS) is 25.8. The Hall–Kier alpha value is -0.980. The van der Waals surface area contributed by atoms with Crippen LogP contribution in [0.15, 0.2) is 22.7 Å². The number of rotatable bonds is 5. The first-order chi connectivity index (χ1) is 9.97. The zero-order chi connectivity index (χ0) is 15.5. The van der Waals surface area contributed by atoms with E-state index in [0.717, 1.165) is 31.2 Å². The summed E-state index contributed by atoms with van der Waals surface area (Å²) in [4.78, 5) is 10.6. The van der Waals surface area contributed by atoms with Crippen LogP contribution >= 0.6 is 15.9 Å². The molecule has 6 heteroatoms. The van der Waals surface area contributed by atoms with Gasteiger partial charge in [-0.2, -0.15) is 0 Å². The van der Waals surface area contributed by atoms with Crippen LogP contribution in [-0.2, 0) is 6.54 Å². The van der Waals surface area contributed by atoms with E-state index in [1.165, 1.54) is 6.07 Å². The van der Waals surface area contributed by atoms with E-state index in [1.807, 2.05) is 6.07 Å². The summed E-state index contributed by atoms with van der Waals surface area (Å²) in [6.07, 6.45) is 4.09. The number of aliphatic hydroxyl groups is 1. The van der Waals surface area contributed by atoms with Crippen molar-refractivity contribution < 1.29 is 10.0 Å². The Balaban J connectivity index is 2.08. The summed E-state index contributed by atoms with van der Waals surface area (Å²) in [7, 11) is 0. The van der Waals surface area contributed by atoms with Crippen molar-refractivity contribution >= 4 is 21.6 Å². The second-order valence-corrected chi connectivity index (χ2v) is 6.77. The number of benzene rings is 1. The van der Waals surface area contributed by atoms with Gasteiger partial charge >= 0.3 is 0 Å². The Morgan fingerprint density at radius 3 is 2.71 bits per heavy atom. The Labute approximate surface area is 133 Å². The van der Waals surface area contributed by atoms with Gasteiger partial charge < -0.3 is 10.4 Å². The molecule has 0 spiro atoms. The minimum atomic E-state index is -0.391. The van der Waals surface area contributed by atoms with Gasteiger partial charge in [-0.15, -0.1) is 0 Å². The molecule has 0 aromatic heterocycles. The van der Waals surface area contributed by atoms with E-state index in [0.29, 0.717) is 16.9 Å². The molecule has 0 aliphatic heterocycles. The van der Waals surface area contributed by atoms with Crippen LogP contribution in [-0.4, -0.2) is 22.2 Å². The molecule has 2 rings (SSSR count). The largest absolute Gasteiger partial charge is 0.394 e. The van der Waals surface area contributed by atoms with Crippen molar-refractivity contribution in [2.24, 2.45) is 5.92 Å². The van der Waals surface area contributed by atoms with Crippen molar-refractivity contribution in [2.75, 3.05) is 6.61 Å². The van der Waals surface area contributed by atoms with Gasteiger partial charge in [-0.3, -0.25) is 10.1 Å². The third-order valence-corrected chi connectivity index (χ3v) is 5.36. The number of hydrogen-bond donors (Lipinski definition) is 2. The summed E-state index contributed by atoms with van der Waals surface area (Å²) in [6, 6.07) is 5.03. The summed E-state index contributed by atoms with van der Waals surface area (Å²) in [6.45, 7) is 2.85. The minimum Gasteiger partial charge on any atom is -0.394 e. The number of nitrogens with one attached hydrogen (secondary N) is 1. The van der Waals surface area contributed by atoms with Crippen LogP contribution in [0.3, 0.4) is 0 Å². The van der Waals surface area contributed by atoms with Crippen LogP contribution in [0.2, 0.25) is 0 Å². The molecule has 0 amide bonds. The molecule has 0 bridgehead atoms. The maximum atomic E-state index is 11.0. The van der Waals surface area contributed by atoms with Crippen LogP contribution < -0.4 is 5.32 Å². The lowest BCUT2D eigenvalue weighted by Gasteiger charge is -2.39. The van der Waals surface area contributed by atoms with Crippen LogP contribution in [0.25, 0.3) is 0 Å². The first kappa shape index (κ1) is 16.4. The molecule has 0 saturated heterocycles. The highest BCUT2D eigenvalue weighted by Gasteiger charge is 2.33. The Kier molecular flexibility index (Phi) is 5.35. The number of halogens is 1. The van der Waals surface area contributed by atoms with Gasteiger partial charge in [0.15, 0.2) is 0 Å². The molecule has 116 valence electrons. The second kappa shape index (κ2) is 6.85. The molecule has 0 heterocycles. The lowest BCUT2D eigenvalue weighted by atomic mass is 9.77. The van der Waals surface area contributed by atoms with Gasteiger partial charge in [-0.1, -0.05) is 19.1 Å². The average molecular weight is 357 g/mol. The SMILES string of the molecule is CC1CCC(CO)(NCc2cccc([N+](=O)[O-])c2Br)CC1. The Morgan fingerprint density at radius 1 is 1.48 bits per heavy atom. The average Bonchev–Trinajstić information content (AvgIpc) is 2.48. The molecule has 21 heavy (non-hydrogen) atoms. The van der Waals surface area contributed by atoms with E-state index < -0.39 is 4.92 Å². The molecular formula is C15H21BrN2O3. The summed E-state index contributed by atoms with van der Waals surface area (Å²) < 4.78 is 0.514. The summed E-state index contributed by atoms with van der Waals surface area (Å²) in [5.74, 6) is 0.705. The standard InChI is InChI=1S/C15H21BrN2O3/c1-11-5-7-15(10-19,8-6-11)17-9-12-3-2-4-13(14(12)16)18(20)21/h2-4,11,17,19H,5-10H2,1H3. The van der Waals surface area contributed by atoms with Gasteiger partial charge in [0, 0.05) is 18.2 Å². The fourth-order valence-corrected chi connectivity index (χ4v) is 3.38. The third kappa shape index (κ3) is 3.81. The molecule has 1 fully saturated rings. The molecule has 2 N–H and O–H groups in total. The molecule has 1 aromatic rings. The van der Waals surface area contributed by atoms with E-state index >= 15 is 0 Å². The summed E-state index contributed by atoms with van der Waals surface area (Å²) >= 11 is 3.31. The fraction of sp³-hybridized carbons (Fsp3) is 0.600. The number of nitrogens with zero attached hydrogens (tertiary/aromatic N) is 1. The molecule has 1 aromatic carbocycles. The van der Waals surface area contributed by atoms with Crippen molar-refractivity contribution in [3.05, 3.63) is 38.3 Å². The van der Waals surface area contributed by atoms with Crippen LogP contribution in [0.5, 0.6) is 0 Å². The zero-order valence-electron chi connectivity index (χ0n) is 12.1. The highest BCUT2D eigenvalue weighted by atomic mass is 79.9. The van der Waals surface area contributed by atoms with Crippen molar-refractivity contribution in [1.29, 1.82) is 0 Å². The number of nitro benzene ring substituents is 1. The lowest BCUT2D eigenvalue weighted by molar-refractivity contribution is -0.385. The van der Waals surface area contributed by atoms with Gasteiger partial charge in [0.05, 0.1) is 16.0 Å². The number of hydrogen-bond acceptors (Lipinski definition) is 4. The van der Waals surface area contributed by atoms with Crippen LogP contribution in [0.4, 0.5) is 5.69 Å².